The Morgan fingerprint density at radius 3 is 2.68 bits per heavy atom. The molecule has 0 spiro atoms. The lowest BCUT2D eigenvalue weighted by atomic mass is 9.98. The minimum Gasteiger partial charge on any atom is -0.314 e. The van der Waals surface area contributed by atoms with Gasteiger partial charge < -0.3 is 5.32 Å². The molecule has 19 heavy (non-hydrogen) atoms. The first-order chi connectivity index (χ1) is 9.24. The molecular weight excluding hydrogens is 300 g/mol. The van der Waals surface area contributed by atoms with Gasteiger partial charge in [0.15, 0.2) is 0 Å². The molecule has 1 saturated carbocycles. The second kappa shape index (κ2) is 5.94. The van der Waals surface area contributed by atoms with E-state index < -0.39 is 0 Å². The van der Waals surface area contributed by atoms with Gasteiger partial charge in [0.05, 0.1) is 0 Å². The van der Waals surface area contributed by atoms with Crippen molar-refractivity contribution < 1.29 is 0 Å². The van der Waals surface area contributed by atoms with Crippen LogP contribution in [0.4, 0.5) is 0 Å². The van der Waals surface area contributed by atoms with Crippen LogP contribution in [0.1, 0.15) is 36.4 Å². The van der Waals surface area contributed by atoms with Crippen molar-refractivity contribution in [1.29, 1.82) is 0 Å². The lowest BCUT2D eigenvalue weighted by Gasteiger charge is -2.36. The Balaban J connectivity index is 1.83. The fourth-order valence-electron chi connectivity index (χ4n) is 3.04. The van der Waals surface area contributed by atoms with E-state index in [0.29, 0.717) is 6.04 Å². The molecule has 1 aromatic rings. The zero-order chi connectivity index (χ0) is 13.2. The topological polar surface area (TPSA) is 15.3 Å². The molecule has 104 valence electrons. The zero-order valence-electron chi connectivity index (χ0n) is 11.7. The Bertz CT molecular complexity index is 436. The molecule has 1 aromatic carbocycles. The maximum absolute atomic E-state index is 3.78. The molecule has 2 fully saturated rings. The van der Waals surface area contributed by atoms with Gasteiger partial charge in [0.25, 0.3) is 0 Å². The van der Waals surface area contributed by atoms with Crippen LogP contribution in [0.2, 0.25) is 0 Å². The molecule has 1 heterocycles. The summed E-state index contributed by atoms with van der Waals surface area (Å²) in [5, 5.41) is 3.46. The molecule has 1 aliphatic heterocycles. The monoisotopic (exact) mass is 322 g/mol. The molecule has 2 aliphatic rings. The average molecular weight is 323 g/mol. The van der Waals surface area contributed by atoms with E-state index >= 15 is 0 Å². The fraction of sp³-hybridized carbons (Fsp3) is 0.625. The number of benzene rings is 1. The Hall–Kier alpha value is -0.380. The number of piperazine rings is 1. The van der Waals surface area contributed by atoms with Gasteiger partial charge in [0.2, 0.25) is 0 Å². The fourth-order valence-corrected chi connectivity index (χ4v) is 3.80. The van der Waals surface area contributed by atoms with E-state index in [4.69, 9.17) is 0 Å². The van der Waals surface area contributed by atoms with Gasteiger partial charge in [0, 0.05) is 36.7 Å². The summed E-state index contributed by atoms with van der Waals surface area (Å²) in [6.45, 7) is 6.78. The normalized spacial score (nSPS) is 22.4. The number of halogens is 1. The van der Waals surface area contributed by atoms with E-state index in [1.54, 1.807) is 0 Å². The molecule has 0 amide bonds. The quantitative estimate of drug-likeness (QED) is 0.912. The Morgan fingerprint density at radius 2 is 2.05 bits per heavy atom. The third-order valence-electron chi connectivity index (χ3n) is 4.36. The van der Waals surface area contributed by atoms with Crippen molar-refractivity contribution in [2.75, 3.05) is 26.2 Å². The predicted octanol–water partition coefficient (Wildman–Crippen LogP) is 3.50. The number of aryl methyl sites for hydroxylation is 1. The van der Waals surface area contributed by atoms with Gasteiger partial charge in [-0.3, -0.25) is 4.90 Å². The maximum atomic E-state index is 3.78. The molecule has 3 rings (SSSR count). The van der Waals surface area contributed by atoms with Crippen LogP contribution in [0.25, 0.3) is 0 Å². The Labute approximate surface area is 124 Å². The summed E-state index contributed by atoms with van der Waals surface area (Å²) in [5.41, 5.74) is 2.82. The van der Waals surface area contributed by atoms with Gasteiger partial charge in [-0.05, 0) is 36.5 Å². The van der Waals surface area contributed by atoms with Crippen molar-refractivity contribution in [3.63, 3.8) is 0 Å². The highest BCUT2D eigenvalue weighted by atomic mass is 79.9. The van der Waals surface area contributed by atoms with Crippen LogP contribution in [-0.2, 0) is 0 Å². The summed E-state index contributed by atoms with van der Waals surface area (Å²) in [4.78, 5) is 2.67. The largest absolute Gasteiger partial charge is 0.314 e. The molecule has 3 heteroatoms. The van der Waals surface area contributed by atoms with Crippen LogP contribution in [0.15, 0.2) is 22.7 Å². The highest BCUT2D eigenvalue weighted by molar-refractivity contribution is 9.10. The molecule has 1 N–H and O–H groups in total. The maximum Gasteiger partial charge on any atom is 0.0363 e. The van der Waals surface area contributed by atoms with Crippen molar-refractivity contribution in [3.8, 4) is 0 Å². The summed E-state index contributed by atoms with van der Waals surface area (Å²) in [5.74, 6) is 0.966. The van der Waals surface area contributed by atoms with E-state index in [0.717, 1.165) is 19.0 Å². The lowest BCUT2D eigenvalue weighted by molar-refractivity contribution is 0.160. The van der Waals surface area contributed by atoms with Gasteiger partial charge in [-0.1, -0.05) is 40.9 Å². The SMILES string of the molecule is Cc1ccc([C@H](CC2CC2)N2CCNCC2)c(Br)c1. The first kappa shape index (κ1) is 13.6. The van der Waals surface area contributed by atoms with Crippen LogP contribution < -0.4 is 5.32 Å². The number of hydrogen-bond donors (Lipinski definition) is 1. The Morgan fingerprint density at radius 1 is 1.32 bits per heavy atom. The minimum atomic E-state index is 0.601. The van der Waals surface area contributed by atoms with Crippen molar-refractivity contribution in [2.24, 2.45) is 5.92 Å². The van der Waals surface area contributed by atoms with Crippen molar-refractivity contribution in [3.05, 3.63) is 33.8 Å². The molecule has 2 nitrogen and oxygen atoms in total. The predicted molar refractivity (Wildman–Crippen MR) is 83.4 cm³/mol. The molecular formula is C16H23BrN2. The summed E-state index contributed by atoms with van der Waals surface area (Å²) in [6, 6.07) is 7.44. The summed E-state index contributed by atoms with van der Waals surface area (Å²) >= 11 is 3.78. The van der Waals surface area contributed by atoms with E-state index in [1.165, 1.54) is 48.0 Å². The highest BCUT2D eigenvalue weighted by Gasteiger charge is 2.31. The number of hydrogen-bond acceptors (Lipinski definition) is 2. The van der Waals surface area contributed by atoms with E-state index in [1.807, 2.05) is 0 Å². The molecule has 0 unspecified atom stereocenters. The zero-order valence-corrected chi connectivity index (χ0v) is 13.2. The molecule has 1 atom stereocenters. The van der Waals surface area contributed by atoms with E-state index in [2.05, 4.69) is 51.3 Å². The molecule has 0 bridgehead atoms. The number of nitrogens with zero attached hydrogens (tertiary/aromatic N) is 1. The van der Waals surface area contributed by atoms with Crippen LogP contribution in [0.5, 0.6) is 0 Å². The first-order valence-corrected chi connectivity index (χ1v) is 8.24. The standard InChI is InChI=1S/C16H23BrN2/c1-12-2-5-14(15(17)10-12)16(11-13-3-4-13)19-8-6-18-7-9-19/h2,5,10,13,16,18H,3-4,6-9,11H2,1H3/t16-/m0/s1. The van der Waals surface area contributed by atoms with Crippen molar-refractivity contribution in [2.45, 2.75) is 32.2 Å². The first-order valence-electron chi connectivity index (χ1n) is 7.45. The van der Waals surface area contributed by atoms with Crippen LogP contribution in [-0.4, -0.2) is 31.1 Å². The second-order valence-corrected chi connectivity index (χ2v) is 6.86. The van der Waals surface area contributed by atoms with Crippen LogP contribution >= 0.6 is 15.9 Å². The third-order valence-corrected chi connectivity index (χ3v) is 5.05. The number of nitrogens with one attached hydrogen (secondary N) is 1. The molecule has 0 radical (unpaired) electrons. The summed E-state index contributed by atoms with van der Waals surface area (Å²) in [7, 11) is 0. The summed E-state index contributed by atoms with van der Waals surface area (Å²) < 4.78 is 1.29. The van der Waals surface area contributed by atoms with Crippen molar-refractivity contribution >= 4 is 15.9 Å². The third kappa shape index (κ3) is 3.39. The van der Waals surface area contributed by atoms with Gasteiger partial charge in [-0.15, -0.1) is 0 Å². The minimum absolute atomic E-state index is 0.601. The summed E-state index contributed by atoms with van der Waals surface area (Å²) in [6.07, 6.45) is 4.21. The highest BCUT2D eigenvalue weighted by Crippen LogP contribution is 2.41. The number of rotatable bonds is 4. The van der Waals surface area contributed by atoms with E-state index in [9.17, 15) is 0 Å². The Kier molecular flexibility index (Phi) is 4.25. The molecule has 1 aliphatic carbocycles. The van der Waals surface area contributed by atoms with Crippen LogP contribution in [0.3, 0.4) is 0 Å². The van der Waals surface area contributed by atoms with Gasteiger partial charge in [-0.25, -0.2) is 0 Å². The van der Waals surface area contributed by atoms with Crippen molar-refractivity contribution in [1.82, 2.24) is 10.2 Å². The van der Waals surface area contributed by atoms with E-state index in [-0.39, 0.29) is 0 Å². The smallest absolute Gasteiger partial charge is 0.0363 e. The average Bonchev–Trinajstić information content (AvgIpc) is 3.22. The molecule has 0 aromatic heterocycles. The van der Waals surface area contributed by atoms with Gasteiger partial charge in [-0.2, -0.15) is 0 Å². The van der Waals surface area contributed by atoms with Gasteiger partial charge in [0.1, 0.15) is 0 Å². The van der Waals surface area contributed by atoms with Crippen LogP contribution in [0, 0.1) is 12.8 Å². The van der Waals surface area contributed by atoms with Gasteiger partial charge >= 0.3 is 0 Å². The molecule has 1 saturated heterocycles. The lowest BCUT2D eigenvalue weighted by Crippen LogP contribution is -2.45. The second-order valence-electron chi connectivity index (χ2n) is 6.01.